The Morgan fingerprint density at radius 2 is 1.68 bits per heavy atom. The minimum Gasteiger partial charge on any atom is -0.342 e. The maximum atomic E-state index is 12.4. The number of hydrogen-bond acceptors (Lipinski definition) is 2. The molecule has 102 valence electrons. The molecule has 0 atom stereocenters. The number of para-hydroxylation sites is 1. The number of nitrogens with one attached hydrogen (secondary N) is 1. The number of carbonyl (C=O) groups is 2. The summed E-state index contributed by atoms with van der Waals surface area (Å²) in [5.41, 5.74) is -0.310. The highest BCUT2D eigenvalue weighted by atomic mass is 16.2. The van der Waals surface area contributed by atoms with Gasteiger partial charge in [-0.2, -0.15) is 0 Å². The number of amides is 2. The summed E-state index contributed by atoms with van der Waals surface area (Å²) in [6.07, 6.45) is 2.06. The van der Waals surface area contributed by atoms with Gasteiger partial charge in [0.25, 0.3) is 0 Å². The lowest BCUT2D eigenvalue weighted by molar-refractivity contribution is -0.145. The van der Waals surface area contributed by atoms with Crippen LogP contribution in [0.2, 0.25) is 0 Å². The zero-order valence-corrected chi connectivity index (χ0v) is 11.5. The zero-order chi connectivity index (χ0) is 13.9. The topological polar surface area (TPSA) is 49.4 Å². The van der Waals surface area contributed by atoms with Crippen LogP contribution in [0.3, 0.4) is 0 Å². The second kappa shape index (κ2) is 5.43. The van der Waals surface area contributed by atoms with Gasteiger partial charge in [-0.3, -0.25) is 9.59 Å². The number of benzene rings is 1. The molecule has 4 heteroatoms. The number of hydrogen-bond donors (Lipinski definition) is 1. The van der Waals surface area contributed by atoms with E-state index >= 15 is 0 Å². The van der Waals surface area contributed by atoms with Crippen molar-refractivity contribution in [3.05, 3.63) is 30.3 Å². The molecule has 0 radical (unpaired) electrons. The van der Waals surface area contributed by atoms with E-state index in [4.69, 9.17) is 0 Å². The van der Waals surface area contributed by atoms with Crippen LogP contribution in [0.4, 0.5) is 5.69 Å². The van der Waals surface area contributed by atoms with Crippen molar-refractivity contribution in [3.8, 4) is 0 Å². The molecular weight excluding hydrogens is 240 g/mol. The van der Waals surface area contributed by atoms with Crippen molar-refractivity contribution in [3.63, 3.8) is 0 Å². The van der Waals surface area contributed by atoms with Crippen molar-refractivity contribution in [2.45, 2.75) is 26.7 Å². The summed E-state index contributed by atoms with van der Waals surface area (Å²) in [7, 11) is 0. The Morgan fingerprint density at radius 3 is 2.26 bits per heavy atom. The van der Waals surface area contributed by atoms with Crippen molar-refractivity contribution < 1.29 is 9.59 Å². The van der Waals surface area contributed by atoms with Crippen molar-refractivity contribution in [1.29, 1.82) is 0 Å². The van der Waals surface area contributed by atoms with Gasteiger partial charge in [0.05, 0.1) is 0 Å². The lowest BCUT2D eigenvalue weighted by Crippen LogP contribution is -2.46. The molecule has 2 amide bonds. The Hall–Kier alpha value is -1.84. The van der Waals surface area contributed by atoms with Gasteiger partial charge in [-0.1, -0.05) is 18.2 Å². The summed E-state index contributed by atoms with van der Waals surface area (Å²) in [5.74, 6) is -0.339. The largest absolute Gasteiger partial charge is 0.342 e. The lowest BCUT2D eigenvalue weighted by Gasteiger charge is -2.28. The van der Waals surface area contributed by atoms with Crippen LogP contribution in [0.15, 0.2) is 30.3 Å². The Morgan fingerprint density at radius 1 is 1.11 bits per heavy atom. The first-order valence-electron chi connectivity index (χ1n) is 6.67. The molecule has 1 heterocycles. The van der Waals surface area contributed by atoms with E-state index in [1.54, 1.807) is 18.7 Å². The van der Waals surface area contributed by atoms with Crippen LogP contribution in [-0.4, -0.2) is 29.8 Å². The summed E-state index contributed by atoms with van der Waals surface area (Å²) in [6.45, 7) is 4.90. The molecule has 0 spiro atoms. The molecule has 0 unspecified atom stereocenters. The molecule has 1 N–H and O–H groups in total. The summed E-state index contributed by atoms with van der Waals surface area (Å²) in [5, 5.41) is 2.80. The molecule has 1 aliphatic heterocycles. The van der Waals surface area contributed by atoms with E-state index in [1.165, 1.54) is 0 Å². The fraction of sp³-hybridized carbons (Fsp3) is 0.467. The van der Waals surface area contributed by atoms with E-state index in [-0.39, 0.29) is 11.8 Å². The number of likely N-dealkylation sites (tertiary alicyclic amines) is 1. The molecule has 1 aromatic rings. The average Bonchev–Trinajstić information content (AvgIpc) is 2.92. The third kappa shape index (κ3) is 2.95. The Kier molecular flexibility index (Phi) is 3.88. The Balaban J connectivity index is 2.06. The van der Waals surface area contributed by atoms with Crippen molar-refractivity contribution in [2.75, 3.05) is 18.4 Å². The standard InChI is InChI=1S/C15H20N2O2/c1-15(2,14(19)17-10-6-7-11-17)13(18)16-12-8-4-3-5-9-12/h3-5,8-9H,6-7,10-11H2,1-2H3,(H,16,18). The fourth-order valence-electron chi connectivity index (χ4n) is 2.22. The number of nitrogens with zero attached hydrogens (tertiary/aromatic N) is 1. The molecule has 19 heavy (non-hydrogen) atoms. The quantitative estimate of drug-likeness (QED) is 0.848. The van der Waals surface area contributed by atoms with E-state index in [0.717, 1.165) is 31.6 Å². The van der Waals surface area contributed by atoms with Gasteiger partial charge in [-0.25, -0.2) is 0 Å². The molecule has 0 bridgehead atoms. The van der Waals surface area contributed by atoms with Gasteiger partial charge in [0.1, 0.15) is 5.41 Å². The summed E-state index contributed by atoms with van der Waals surface area (Å²) < 4.78 is 0. The van der Waals surface area contributed by atoms with Crippen LogP contribution in [-0.2, 0) is 9.59 Å². The summed E-state index contributed by atoms with van der Waals surface area (Å²) in [6, 6.07) is 9.22. The molecular formula is C15H20N2O2. The van der Waals surface area contributed by atoms with Gasteiger partial charge in [-0.15, -0.1) is 0 Å². The maximum Gasteiger partial charge on any atom is 0.239 e. The number of carbonyl (C=O) groups excluding carboxylic acids is 2. The predicted molar refractivity (Wildman–Crippen MR) is 74.7 cm³/mol. The highest BCUT2D eigenvalue weighted by Gasteiger charge is 2.39. The van der Waals surface area contributed by atoms with E-state index < -0.39 is 5.41 Å². The molecule has 2 rings (SSSR count). The smallest absolute Gasteiger partial charge is 0.239 e. The highest BCUT2D eigenvalue weighted by molar-refractivity contribution is 6.09. The molecule has 1 fully saturated rings. The first kappa shape index (κ1) is 13.6. The molecule has 1 aromatic carbocycles. The van der Waals surface area contributed by atoms with E-state index in [0.29, 0.717) is 0 Å². The van der Waals surface area contributed by atoms with Gasteiger partial charge >= 0.3 is 0 Å². The van der Waals surface area contributed by atoms with Crippen molar-refractivity contribution >= 4 is 17.5 Å². The van der Waals surface area contributed by atoms with Gasteiger partial charge in [0.2, 0.25) is 11.8 Å². The van der Waals surface area contributed by atoms with Gasteiger partial charge in [0.15, 0.2) is 0 Å². The van der Waals surface area contributed by atoms with Crippen LogP contribution < -0.4 is 5.32 Å². The second-order valence-electron chi connectivity index (χ2n) is 5.44. The molecule has 1 aliphatic rings. The first-order chi connectivity index (χ1) is 9.01. The predicted octanol–water partition coefficient (Wildman–Crippen LogP) is 2.27. The van der Waals surface area contributed by atoms with E-state index in [2.05, 4.69) is 5.32 Å². The average molecular weight is 260 g/mol. The normalized spacial score (nSPS) is 15.4. The monoisotopic (exact) mass is 260 g/mol. The SMILES string of the molecule is CC(C)(C(=O)Nc1ccccc1)C(=O)N1CCCC1. The van der Waals surface area contributed by atoms with Crippen molar-refractivity contribution in [1.82, 2.24) is 4.90 Å². The molecule has 1 saturated heterocycles. The van der Waals surface area contributed by atoms with Crippen LogP contribution in [0.5, 0.6) is 0 Å². The zero-order valence-electron chi connectivity index (χ0n) is 11.5. The van der Waals surface area contributed by atoms with Gasteiger partial charge in [-0.05, 0) is 38.8 Å². The third-order valence-corrected chi connectivity index (χ3v) is 3.53. The highest BCUT2D eigenvalue weighted by Crippen LogP contribution is 2.24. The van der Waals surface area contributed by atoms with Crippen LogP contribution in [0.25, 0.3) is 0 Å². The van der Waals surface area contributed by atoms with Crippen LogP contribution in [0.1, 0.15) is 26.7 Å². The van der Waals surface area contributed by atoms with E-state index in [9.17, 15) is 9.59 Å². The Bertz CT molecular complexity index is 462. The molecule has 4 nitrogen and oxygen atoms in total. The number of anilines is 1. The second-order valence-corrected chi connectivity index (χ2v) is 5.44. The molecule has 0 aromatic heterocycles. The first-order valence-corrected chi connectivity index (χ1v) is 6.67. The lowest BCUT2D eigenvalue weighted by atomic mass is 9.90. The van der Waals surface area contributed by atoms with Crippen molar-refractivity contribution in [2.24, 2.45) is 5.41 Å². The minimum atomic E-state index is -1.03. The minimum absolute atomic E-state index is 0.0848. The molecule has 0 aliphatic carbocycles. The Labute approximate surface area is 113 Å². The maximum absolute atomic E-state index is 12.4. The van der Waals surface area contributed by atoms with E-state index in [1.807, 2.05) is 30.3 Å². The summed E-state index contributed by atoms with van der Waals surface area (Å²) in [4.78, 5) is 26.4. The van der Waals surface area contributed by atoms with Crippen LogP contribution in [0, 0.1) is 5.41 Å². The summed E-state index contributed by atoms with van der Waals surface area (Å²) >= 11 is 0. The van der Waals surface area contributed by atoms with Crippen LogP contribution >= 0.6 is 0 Å². The third-order valence-electron chi connectivity index (χ3n) is 3.53. The fourth-order valence-corrected chi connectivity index (χ4v) is 2.22. The molecule has 0 saturated carbocycles. The van der Waals surface area contributed by atoms with Gasteiger partial charge in [0, 0.05) is 18.8 Å². The number of rotatable bonds is 3. The van der Waals surface area contributed by atoms with Gasteiger partial charge < -0.3 is 10.2 Å².